The lowest BCUT2D eigenvalue weighted by Gasteiger charge is -2.12. The van der Waals surface area contributed by atoms with Crippen LogP contribution in [0.5, 0.6) is 11.5 Å². The fourth-order valence-electron chi connectivity index (χ4n) is 2.45. The van der Waals surface area contributed by atoms with Crippen LogP contribution in [0.3, 0.4) is 0 Å². The summed E-state index contributed by atoms with van der Waals surface area (Å²) >= 11 is 6.60. The van der Waals surface area contributed by atoms with E-state index in [1.165, 1.54) is 25.3 Å². The van der Waals surface area contributed by atoms with Gasteiger partial charge >= 0.3 is 5.69 Å². The number of imide groups is 1. The number of amides is 2. The van der Waals surface area contributed by atoms with Gasteiger partial charge in [0.15, 0.2) is 5.75 Å². The van der Waals surface area contributed by atoms with Gasteiger partial charge in [0.05, 0.1) is 22.6 Å². The Bertz CT molecular complexity index is 1010. The summed E-state index contributed by atoms with van der Waals surface area (Å²) in [5.74, 6) is -1.32. The molecule has 27 heavy (non-hydrogen) atoms. The number of nitrogens with zero attached hydrogens (tertiary/aromatic N) is 2. The smallest absolute Gasteiger partial charge is 0.315 e. The van der Waals surface area contributed by atoms with Crippen LogP contribution < -0.4 is 9.64 Å². The van der Waals surface area contributed by atoms with Crippen molar-refractivity contribution < 1.29 is 24.4 Å². The molecule has 2 aromatic carbocycles. The predicted molar refractivity (Wildman–Crippen MR) is 101 cm³/mol. The van der Waals surface area contributed by atoms with Crippen LogP contribution in [0, 0.1) is 10.1 Å². The second-order valence-corrected chi connectivity index (χ2v) is 6.77. The van der Waals surface area contributed by atoms with Gasteiger partial charge in [-0.1, -0.05) is 17.7 Å². The number of phenols is 1. The molecule has 1 fully saturated rings. The molecule has 0 aliphatic carbocycles. The minimum absolute atomic E-state index is 0.0713. The van der Waals surface area contributed by atoms with Crippen LogP contribution in [-0.4, -0.2) is 28.3 Å². The number of aromatic hydroxyl groups is 1. The number of carbonyl (C=O) groups excluding carboxylic acids is 2. The lowest BCUT2D eigenvalue weighted by molar-refractivity contribution is -0.386. The molecule has 0 aromatic heterocycles. The first-order valence-corrected chi connectivity index (χ1v) is 8.60. The maximum atomic E-state index is 12.6. The largest absolute Gasteiger partial charge is 0.500 e. The van der Waals surface area contributed by atoms with E-state index in [9.17, 15) is 24.8 Å². The van der Waals surface area contributed by atoms with Gasteiger partial charge in [-0.3, -0.25) is 19.7 Å². The zero-order chi connectivity index (χ0) is 19.7. The number of benzene rings is 2. The average Bonchev–Trinajstić information content (AvgIpc) is 2.89. The summed E-state index contributed by atoms with van der Waals surface area (Å²) in [6, 6.07) is 8.69. The molecule has 138 valence electrons. The molecule has 8 nitrogen and oxygen atoms in total. The minimum Gasteiger partial charge on any atom is -0.500 e. The minimum atomic E-state index is -0.771. The van der Waals surface area contributed by atoms with Crippen molar-refractivity contribution >= 4 is 52.0 Å². The molecule has 0 unspecified atom stereocenters. The Kier molecular flexibility index (Phi) is 5.06. The number of hydrogen-bond acceptors (Lipinski definition) is 7. The Morgan fingerprint density at radius 3 is 2.67 bits per heavy atom. The van der Waals surface area contributed by atoms with Crippen LogP contribution in [0.1, 0.15) is 5.56 Å². The molecule has 1 aliphatic rings. The molecule has 0 atom stereocenters. The van der Waals surface area contributed by atoms with E-state index in [0.717, 1.165) is 11.0 Å². The summed E-state index contributed by atoms with van der Waals surface area (Å²) in [4.78, 5) is 36.2. The number of nitro groups is 1. The third-order valence-corrected chi connectivity index (χ3v) is 4.76. The topological polar surface area (TPSA) is 110 Å². The van der Waals surface area contributed by atoms with Crippen molar-refractivity contribution in [1.29, 1.82) is 0 Å². The lowest BCUT2D eigenvalue weighted by atomic mass is 10.1. The molecule has 0 bridgehead atoms. The Morgan fingerprint density at radius 2 is 2.04 bits per heavy atom. The monoisotopic (exact) mass is 406 g/mol. The van der Waals surface area contributed by atoms with Crippen LogP contribution in [0.25, 0.3) is 6.08 Å². The normalized spacial score (nSPS) is 15.5. The van der Waals surface area contributed by atoms with E-state index in [1.807, 2.05) is 0 Å². The SMILES string of the molecule is COc1cc(/C=C2/SC(=O)N(c3cccc(Cl)c3)C2=O)cc([N+](=O)[O-])c1O. The van der Waals surface area contributed by atoms with Crippen molar-refractivity contribution in [2.45, 2.75) is 0 Å². The maximum Gasteiger partial charge on any atom is 0.315 e. The molecule has 0 radical (unpaired) electrons. The second kappa shape index (κ2) is 7.29. The van der Waals surface area contributed by atoms with E-state index in [0.29, 0.717) is 22.5 Å². The average molecular weight is 407 g/mol. The third kappa shape index (κ3) is 3.60. The fraction of sp³-hybridized carbons (Fsp3) is 0.0588. The van der Waals surface area contributed by atoms with E-state index >= 15 is 0 Å². The van der Waals surface area contributed by atoms with Gasteiger partial charge in [-0.25, -0.2) is 4.90 Å². The number of halogens is 1. The van der Waals surface area contributed by atoms with Gasteiger partial charge in [-0.15, -0.1) is 0 Å². The van der Waals surface area contributed by atoms with Gasteiger partial charge in [0, 0.05) is 11.1 Å². The summed E-state index contributed by atoms with van der Waals surface area (Å²) in [7, 11) is 1.25. The highest BCUT2D eigenvalue weighted by Crippen LogP contribution is 2.40. The highest BCUT2D eigenvalue weighted by Gasteiger charge is 2.36. The fourth-order valence-corrected chi connectivity index (χ4v) is 3.47. The zero-order valence-electron chi connectivity index (χ0n) is 13.7. The highest BCUT2D eigenvalue weighted by molar-refractivity contribution is 8.19. The number of hydrogen-bond donors (Lipinski definition) is 1. The van der Waals surface area contributed by atoms with Crippen molar-refractivity contribution in [1.82, 2.24) is 0 Å². The first-order chi connectivity index (χ1) is 12.8. The first kappa shape index (κ1) is 18.7. The standard InChI is InChI=1S/C17H11ClN2O6S/c1-26-13-6-9(5-12(15(13)21)20(24)25)7-14-16(22)19(17(23)27-14)11-4-2-3-10(18)8-11/h2-8,21H,1H3/b14-7+. The molecule has 1 saturated heterocycles. The van der Waals surface area contributed by atoms with Crippen molar-refractivity contribution in [3.05, 3.63) is 62.0 Å². The molecule has 1 N–H and O–H groups in total. The molecule has 0 spiro atoms. The second-order valence-electron chi connectivity index (χ2n) is 5.34. The van der Waals surface area contributed by atoms with Gasteiger partial charge in [-0.05, 0) is 47.7 Å². The van der Waals surface area contributed by atoms with E-state index in [-0.39, 0.29) is 16.2 Å². The Balaban J connectivity index is 2.01. The maximum absolute atomic E-state index is 12.6. The zero-order valence-corrected chi connectivity index (χ0v) is 15.3. The van der Waals surface area contributed by atoms with Gasteiger partial charge < -0.3 is 9.84 Å². The summed E-state index contributed by atoms with van der Waals surface area (Å²) < 4.78 is 4.93. The molecular formula is C17H11ClN2O6S. The number of phenolic OH excluding ortho intramolecular Hbond substituents is 1. The summed E-state index contributed by atoms with van der Waals surface area (Å²) in [5.41, 5.74) is -0.0229. The Hall–Kier alpha value is -3.04. The van der Waals surface area contributed by atoms with Gasteiger partial charge in [-0.2, -0.15) is 0 Å². The molecule has 2 aromatic rings. The molecule has 1 heterocycles. The third-order valence-electron chi connectivity index (χ3n) is 3.65. The summed E-state index contributed by atoms with van der Waals surface area (Å²) in [6.07, 6.45) is 1.32. The van der Waals surface area contributed by atoms with Gasteiger partial charge in [0.2, 0.25) is 5.75 Å². The van der Waals surface area contributed by atoms with E-state index in [1.54, 1.807) is 18.2 Å². The molecule has 10 heteroatoms. The Morgan fingerprint density at radius 1 is 1.30 bits per heavy atom. The number of carbonyl (C=O) groups is 2. The van der Waals surface area contributed by atoms with E-state index < -0.39 is 27.5 Å². The summed E-state index contributed by atoms with van der Waals surface area (Å²) in [6.45, 7) is 0. The number of ether oxygens (including phenoxy) is 1. The molecule has 2 amide bonds. The molecule has 0 saturated carbocycles. The van der Waals surface area contributed by atoms with Crippen molar-refractivity contribution in [3.63, 3.8) is 0 Å². The quantitative estimate of drug-likeness (QED) is 0.460. The van der Waals surface area contributed by atoms with Crippen molar-refractivity contribution in [3.8, 4) is 11.5 Å². The van der Waals surface area contributed by atoms with Crippen molar-refractivity contribution in [2.75, 3.05) is 12.0 Å². The van der Waals surface area contributed by atoms with Crippen LogP contribution in [-0.2, 0) is 4.79 Å². The highest BCUT2D eigenvalue weighted by atomic mass is 35.5. The summed E-state index contributed by atoms with van der Waals surface area (Å²) in [5, 5.41) is 20.8. The predicted octanol–water partition coefficient (Wildman–Crippen LogP) is 4.20. The number of nitro benzene ring substituents is 1. The molecule has 1 aliphatic heterocycles. The molecular weight excluding hydrogens is 396 g/mol. The Labute approximate surface area is 162 Å². The van der Waals surface area contributed by atoms with Crippen molar-refractivity contribution in [2.24, 2.45) is 0 Å². The molecule has 3 rings (SSSR count). The van der Waals surface area contributed by atoms with Crippen LogP contribution in [0.15, 0.2) is 41.3 Å². The first-order valence-electron chi connectivity index (χ1n) is 7.40. The number of thioether (sulfide) groups is 1. The van der Waals surface area contributed by atoms with Crippen LogP contribution in [0.2, 0.25) is 5.02 Å². The van der Waals surface area contributed by atoms with Gasteiger partial charge in [0.1, 0.15) is 0 Å². The number of methoxy groups -OCH3 is 1. The lowest BCUT2D eigenvalue weighted by Crippen LogP contribution is -2.27. The number of anilines is 1. The van der Waals surface area contributed by atoms with Gasteiger partial charge in [0.25, 0.3) is 11.1 Å². The van der Waals surface area contributed by atoms with E-state index in [2.05, 4.69) is 0 Å². The van der Waals surface area contributed by atoms with Crippen LogP contribution >= 0.6 is 23.4 Å². The van der Waals surface area contributed by atoms with E-state index in [4.69, 9.17) is 16.3 Å². The number of rotatable bonds is 4. The van der Waals surface area contributed by atoms with Crippen LogP contribution in [0.4, 0.5) is 16.2 Å².